The average molecular weight is 279 g/mol. The molecule has 1 aliphatic rings. The van der Waals surface area contributed by atoms with Gasteiger partial charge in [0.15, 0.2) is 0 Å². The second kappa shape index (κ2) is 5.48. The van der Waals surface area contributed by atoms with E-state index in [2.05, 4.69) is 23.7 Å². The zero-order chi connectivity index (χ0) is 14.9. The van der Waals surface area contributed by atoms with Gasteiger partial charge in [0.25, 0.3) is 0 Å². The van der Waals surface area contributed by atoms with Gasteiger partial charge in [0.1, 0.15) is 11.4 Å². The minimum absolute atomic E-state index is 0.199. The standard InChI is InChI=1S/C15H25N3O2/c1-10-8-18(9-11(2)19-10)13-7-6-12(16)14(17-13)20-15(3,4)5/h6-7,10-11H,8-9,16H2,1-5H3. The molecule has 2 N–H and O–H groups in total. The molecule has 0 spiro atoms. The van der Waals surface area contributed by atoms with Gasteiger partial charge >= 0.3 is 0 Å². The predicted molar refractivity (Wildman–Crippen MR) is 81.3 cm³/mol. The maximum atomic E-state index is 5.95. The molecule has 1 aromatic rings. The summed E-state index contributed by atoms with van der Waals surface area (Å²) >= 11 is 0. The number of morpholine rings is 1. The fraction of sp³-hybridized carbons (Fsp3) is 0.667. The van der Waals surface area contributed by atoms with Crippen molar-refractivity contribution in [2.75, 3.05) is 23.7 Å². The van der Waals surface area contributed by atoms with Crippen LogP contribution in [0.5, 0.6) is 5.88 Å². The van der Waals surface area contributed by atoms with Gasteiger partial charge in [-0.05, 0) is 46.8 Å². The van der Waals surface area contributed by atoms with E-state index >= 15 is 0 Å². The van der Waals surface area contributed by atoms with Gasteiger partial charge in [-0.15, -0.1) is 0 Å². The molecule has 0 aliphatic carbocycles. The first-order valence-electron chi connectivity index (χ1n) is 7.10. The summed E-state index contributed by atoms with van der Waals surface area (Å²) in [5, 5.41) is 0. The van der Waals surface area contributed by atoms with Crippen LogP contribution in [0.25, 0.3) is 0 Å². The molecule has 20 heavy (non-hydrogen) atoms. The number of pyridine rings is 1. The zero-order valence-electron chi connectivity index (χ0n) is 13.0. The van der Waals surface area contributed by atoms with Crippen molar-refractivity contribution < 1.29 is 9.47 Å². The summed E-state index contributed by atoms with van der Waals surface area (Å²) in [5.41, 5.74) is 6.20. The normalized spacial score (nSPS) is 23.8. The molecule has 0 saturated carbocycles. The molecule has 1 saturated heterocycles. The van der Waals surface area contributed by atoms with Gasteiger partial charge in [-0.1, -0.05) is 0 Å². The Balaban J connectivity index is 2.22. The first-order valence-corrected chi connectivity index (χ1v) is 7.10. The monoisotopic (exact) mass is 279 g/mol. The van der Waals surface area contributed by atoms with Gasteiger partial charge in [-0.3, -0.25) is 0 Å². The predicted octanol–water partition coefficient (Wildman–Crippen LogP) is 2.45. The van der Waals surface area contributed by atoms with Crippen molar-refractivity contribution in [1.82, 2.24) is 4.98 Å². The maximum absolute atomic E-state index is 5.95. The second-order valence-electron chi connectivity index (χ2n) is 6.44. The summed E-state index contributed by atoms with van der Waals surface area (Å²) in [4.78, 5) is 6.79. The third-order valence-electron chi connectivity index (χ3n) is 3.02. The summed E-state index contributed by atoms with van der Waals surface area (Å²) in [6.45, 7) is 11.8. The van der Waals surface area contributed by atoms with Crippen LogP contribution in [0, 0.1) is 0 Å². The highest BCUT2D eigenvalue weighted by Gasteiger charge is 2.24. The molecular weight excluding hydrogens is 254 g/mol. The summed E-state index contributed by atoms with van der Waals surface area (Å²) in [6, 6.07) is 3.80. The van der Waals surface area contributed by atoms with Crippen molar-refractivity contribution in [3.8, 4) is 5.88 Å². The fourth-order valence-corrected chi connectivity index (χ4v) is 2.35. The van der Waals surface area contributed by atoms with E-state index in [0.29, 0.717) is 11.6 Å². The van der Waals surface area contributed by atoms with Crippen molar-refractivity contribution in [2.24, 2.45) is 0 Å². The van der Waals surface area contributed by atoms with E-state index < -0.39 is 0 Å². The number of aromatic nitrogens is 1. The van der Waals surface area contributed by atoms with Crippen LogP contribution >= 0.6 is 0 Å². The Kier molecular flexibility index (Phi) is 4.09. The fourth-order valence-electron chi connectivity index (χ4n) is 2.35. The van der Waals surface area contributed by atoms with Crippen molar-refractivity contribution in [3.05, 3.63) is 12.1 Å². The number of anilines is 2. The number of hydrogen-bond acceptors (Lipinski definition) is 5. The van der Waals surface area contributed by atoms with E-state index in [4.69, 9.17) is 15.2 Å². The SMILES string of the molecule is CC1CN(c2ccc(N)c(OC(C)(C)C)n2)CC(C)O1. The maximum Gasteiger partial charge on any atom is 0.239 e. The van der Waals surface area contributed by atoms with Gasteiger partial charge in [-0.2, -0.15) is 4.98 Å². The topological polar surface area (TPSA) is 60.6 Å². The summed E-state index contributed by atoms with van der Waals surface area (Å²) in [5.74, 6) is 1.39. The number of hydrogen-bond donors (Lipinski definition) is 1. The molecule has 1 aliphatic heterocycles. The number of nitrogen functional groups attached to an aromatic ring is 1. The van der Waals surface area contributed by atoms with Gasteiger partial charge in [0.2, 0.25) is 5.88 Å². The van der Waals surface area contributed by atoms with Crippen molar-refractivity contribution in [1.29, 1.82) is 0 Å². The molecule has 112 valence electrons. The Morgan fingerprint density at radius 2 is 1.85 bits per heavy atom. The minimum atomic E-state index is -0.314. The Morgan fingerprint density at radius 1 is 1.25 bits per heavy atom. The van der Waals surface area contributed by atoms with Crippen LogP contribution in [0.15, 0.2) is 12.1 Å². The van der Waals surface area contributed by atoms with E-state index in [0.717, 1.165) is 18.9 Å². The van der Waals surface area contributed by atoms with Crippen LogP contribution in [0.2, 0.25) is 0 Å². The van der Waals surface area contributed by atoms with E-state index in [1.807, 2.05) is 32.9 Å². The Hall–Kier alpha value is -1.49. The molecule has 2 unspecified atom stereocenters. The lowest BCUT2D eigenvalue weighted by molar-refractivity contribution is -0.00553. The summed E-state index contributed by atoms with van der Waals surface area (Å²) < 4.78 is 11.6. The zero-order valence-corrected chi connectivity index (χ0v) is 13.0. The van der Waals surface area contributed by atoms with E-state index in [1.165, 1.54) is 0 Å². The Labute approximate surface area is 121 Å². The first kappa shape index (κ1) is 14.9. The van der Waals surface area contributed by atoms with Crippen LogP contribution in [-0.2, 0) is 4.74 Å². The van der Waals surface area contributed by atoms with Gasteiger partial charge < -0.3 is 20.1 Å². The molecule has 0 amide bonds. The largest absolute Gasteiger partial charge is 0.470 e. The number of nitrogens with zero attached hydrogens (tertiary/aromatic N) is 2. The summed E-state index contributed by atoms with van der Waals surface area (Å²) in [6.07, 6.45) is 0.398. The summed E-state index contributed by atoms with van der Waals surface area (Å²) in [7, 11) is 0. The molecule has 0 bridgehead atoms. The van der Waals surface area contributed by atoms with Crippen molar-refractivity contribution in [3.63, 3.8) is 0 Å². The molecule has 0 aromatic carbocycles. The molecule has 5 nitrogen and oxygen atoms in total. The second-order valence-corrected chi connectivity index (χ2v) is 6.44. The lowest BCUT2D eigenvalue weighted by Crippen LogP contribution is -2.45. The lowest BCUT2D eigenvalue weighted by atomic mass is 10.2. The van der Waals surface area contributed by atoms with Crippen LogP contribution in [0.3, 0.4) is 0 Å². The lowest BCUT2D eigenvalue weighted by Gasteiger charge is -2.36. The Morgan fingerprint density at radius 3 is 2.40 bits per heavy atom. The highest BCUT2D eigenvalue weighted by atomic mass is 16.5. The van der Waals surface area contributed by atoms with Gasteiger partial charge in [0, 0.05) is 13.1 Å². The van der Waals surface area contributed by atoms with Crippen LogP contribution < -0.4 is 15.4 Å². The van der Waals surface area contributed by atoms with E-state index in [-0.39, 0.29) is 17.8 Å². The molecule has 1 aromatic heterocycles. The van der Waals surface area contributed by atoms with Gasteiger partial charge in [0.05, 0.1) is 17.9 Å². The average Bonchev–Trinajstić information content (AvgIpc) is 2.29. The van der Waals surface area contributed by atoms with Crippen molar-refractivity contribution in [2.45, 2.75) is 52.4 Å². The quantitative estimate of drug-likeness (QED) is 0.901. The van der Waals surface area contributed by atoms with Crippen molar-refractivity contribution >= 4 is 11.5 Å². The first-order chi connectivity index (χ1) is 9.24. The third kappa shape index (κ3) is 3.76. The Bertz CT molecular complexity index is 461. The number of rotatable bonds is 2. The van der Waals surface area contributed by atoms with E-state index in [9.17, 15) is 0 Å². The molecule has 2 rings (SSSR count). The highest BCUT2D eigenvalue weighted by molar-refractivity contribution is 5.55. The smallest absolute Gasteiger partial charge is 0.239 e. The molecule has 2 heterocycles. The molecule has 2 atom stereocenters. The minimum Gasteiger partial charge on any atom is -0.470 e. The number of nitrogens with two attached hydrogens (primary N) is 1. The van der Waals surface area contributed by atoms with Crippen LogP contribution in [-0.4, -0.2) is 35.9 Å². The molecule has 1 fully saturated rings. The van der Waals surface area contributed by atoms with Crippen LogP contribution in [0.4, 0.5) is 11.5 Å². The van der Waals surface area contributed by atoms with Gasteiger partial charge in [-0.25, -0.2) is 0 Å². The number of ether oxygens (including phenoxy) is 2. The molecule has 0 radical (unpaired) electrons. The van der Waals surface area contributed by atoms with Crippen LogP contribution in [0.1, 0.15) is 34.6 Å². The molecule has 5 heteroatoms. The highest BCUT2D eigenvalue weighted by Crippen LogP contribution is 2.27. The third-order valence-corrected chi connectivity index (χ3v) is 3.02. The van der Waals surface area contributed by atoms with E-state index in [1.54, 1.807) is 0 Å². The molecular formula is C15H25N3O2.